The van der Waals surface area contributed by atoms with Gasteiger partial charge in [0.1, 0.15) is 0 Å². The normalized spacial score (nSPS) is 21.6. The van der Waals surface area contributed by atoms with E-state index < -0.39 is 21.5 Å². The van der Waals surface area contributed by atoms with E-state index in [-0.39, 0.29) is 10.9 Å². The molecule has 3 aliphatic rings. The molecule has 0 bridgehead atoms. The van der Waals surface area contributed by atoms with Crippen molar-refractivity contribution >= 4 is 27.2 Å². The molecule has 0 radical (unpaired) electrons. The van der Waals surface area contributed by atoms with Crippen LogP contribution in [0.4, 0.5) is 11.4 Å². The third-order valence-corrected chi connectivity index (χ3v) is 9.22. The maximum absolute atomic E-state index is 13.3. The summed E-state index contributed by atoms with van der Waals surface area (Å²) in [5, 5.41) is 0. The second kappa shape index (κ2) is 8.98. The van der Waals surface area contributed by atoms with Gasteiger partial charge in [0.05, 0.1) is 46.9 Å². The van der Waals surface area contributed by atoms with E-state index in [0.29, 0.717) is 48.4 Å². The van der Waals surface area contributed by atoms with Crippen LogP contribution < -0.4 is 4.90 Å². The zero-order valence-corrected chi connectivity index (χ0v) is 20.5. The third kappa shape index (κ3) is 4.01. The van der Waals surface area contributed by atoms with Gasteiger partial charge in [0.2, 0.25) is 9.84 Å². The fraction of sp³-hybridized carbons (Fsp3) is 0.500. The van der Waals surface area contributed by atoms with Gasteiger partial charge in [0.15, 0.2) is 5.79 Å². The lowest BCUT2D eigenvalue weighted by atomic mass is 9.78. The second-order valence-electron chi connectivity index (χ2n) is 9.35. The minimum absolute atomic E-state index is 0.259. The van der Waals surface area contributed by atoms with Crippen molar-refractivity contribution in [3.05, 3.63) is 48.0 Å². The maximum atomic E-state index is 13.3. The lowest BCUT2D eigenvalue weighted by molar-refractivity contribution is -0.183. The highest BCUT2D eigenvalue weighted by molar-refractivity contribution is 7.92. The van der Waals surface area contributed by atoms with Crippen LogP contribution in [0.25, 0.3) is 0 Å². The Bertz CT molecular complexity index is 1180. The fourth-order valence-corrected chi connectivity index (χ4v) is 7.23. The van der Waals surface area contributed by atoms with Crippen molar-refractivity contribution in [2.24, 2.45) is 5.92 Å². The summed E-state index contributed by atoms with van der Waals surface area (Å²) >= 11 is 0. The Morgan fingerprint density at radius 2 is 1.76 bits per heavy atom. The predicted octanol–water partition coefficient (Wildman–Crippen LogP) is 4.57. The number of nitrogens with zero attached hydrogens (tertiary/aromatic N) is 1. The number of hydrogen-bond acceptors (Lipinski definition) is 7. The number of rotatable bonds is 5. The maximum Gasteiger partial charge on any atom is 0.313 e. The second-order valence-corrected chi connectivity index (χ2v) is 11.2. The predicted molar refractivity (Wildman–Crippen MR) is 127 cm³/mol. The standard InChI is InChI=1S/C26H31NO6S/c1-3-31-25(28)20(16-18-10-12-26(13-11-18)32-14-15-33-26)19-8-9-24-22(17-19)27(2)21-6-4-5-7-23(21)34(24,29)30/h4-9,17-18,20H,3,10-16H2,1-2H3. The SMILES string of the molecule is CCOC(=O)C(CC1CCC2(CC1)OCCO2)c1ccc2c(c1)N(C)c1ccccc1S2(=O)=O. The number of benzene rings is 2. The highest BCUT2D eigenvalue weighted by atomic mass is 32.2. The number of esters is 1. The Labute approximate surface area is 200 Å². The highest BCUT2D eigenvalue weighted by Gasteiger charge is 2.41. The summed E-state index contributed by atoms with van der Waals surface area (Å²) in [6.07, 6.45) is 4.15. The Balaban J connectivity index is 1.44. The summed E-state index contributed by atoms with van der Waals surface area (Å²) in [7, 11) is -1.77. The molecule has 1 saturated heterocycles. The minimum Gasteiger partial charge on any atom is -0.466 e. The van der Waals surface area contributed by atoms with Crippen molar-refractivity contribution in [2.45, 2.75) is 60.5 Å². The molecule has 0 N–H and O–H groups in total. The van der Waals surface area contributed by atoms with Crippen LogP contribution in [-0.4, -0.2) is 47.0 Å². The van der Waals surface area contributed by atoms with Crippen LogP contribution in [0.1, 0.15) is 50.5 Å². The monoisotopic (exact) mass is 485 g/mol. The smallest absolute Gasteiger partial charge is 0.313 e. The van der Waals surface area contributed by atoms with Crippen molar-refractivity contribution < 1.29 is 27.4 Å². The number of anilines is 2. The van der Waals surface area contributed by atoms with E-state index in [1.165, 1.54) is 0 Å². The average Bonchev–Trinajstić information content (AvgIpc) is 3.30. The topological polar surface area (TPSA) is 82.1 Å². The van der Waals surface area contributed by atoms with Gasteiger partial charge in [-0.15, -0.1) is 0 Å². The molecular formula is C26H31NO6S. The third-order valence-electron chi connectivity index (χ3n) is 7.37. The van der Waals surface area contributed by atoms with Gasteiger partial charge in [-0.25, -0.2) is 8.42 Å². The number of hydrogen-bond donors (Lipinski definition) is 0. The van der Waals surface area contributed by atoms with E-state index in [1.807, 2.05) is 24.1 Å². The van der Waals surface area contributed by atoms with Crippen LogP contribution in [0, 0.1) is 5.92 Å². The average molecular weight is 486 g/mol. The molecule has 8 heteroatoms. The van der Waals surface area contributed by atoms with Gasteiger partial charge >= 0.3 is 5.97 Å². The van der Waals surface area contributed by atoms with E-state index >= 15 is 0 Å². The summed E-state index contributed by atoms with van der Waals surface area (Å²) in [6.45, 7) is 3.39. The van der Waals surface area contributed by atoms with Gasteiger partial charge in [-0.05, 0) is 61.9 Å². The molecule has 0 aromatic heterocycles. The Morgan fingerprint density at radius 3 is 2.47 bits per heavy atom. The molecule has 1 atom stereocenters. The number of sulfone groups is 1. The van der Waals surface area contributed by atoms with Gasteiger partial charge in [-0.2, -0.15) is 0 Å². The zero-order valence-electron chi connectivity index (χ0n) is 19.7. The first-order valence-corrected chi connectivity index (χ1v) is 13.5. The van der Waals surface area contributed by atoms with Crippen LogP contribution in [0.15, 0.2) is 52.3 Å². The first-order chi connectivity index (χ1) is 16.3. The lowest BCUT2D eigenvalue weighted by Crippen LogP contribution is -2.35. The van der Waals surface area contributed by atoms with E-state index in [9.17, 15) is 13.2 Å². The molecule has 1 spiro atoms. The van der Waals surface area contributed by atoms with Gasteiger partial charge in [0.25, 0.3) is 0 Å². The number of carbonyl (C=O) groups is 1. The van der Waals surface area contributed by atoms with Crippen molar-refractivity contribution in [1.82, 2.24) is 0 Å². The fourth-order valence-electron chi connectivity index (χ4n) is 5.53. The molecule has 2 aliphatic heterocycles. The molecule has 2 aromatic carbocycles. The number of fused-ring (bicyclic) bond motifs is 2. The number of carbonyl (C=O) groups excluding carboxylic acids is 1. The van der Waals surface area contributed by atoms with Crippen molar-refractivity contribution in [2.75, 3.05) is 31.8 Å². The van der Waals surface area contributed by atoms with Crippen molar-refractivity contribution in [3.63, 3.8) is 0 Å². The molecule has 2 fully saturated rings. The van der Waals surface area contributed by atoms with Crippen LogP contribution in [0.5, 0.6) is 0 Å². The van der Waals surface area contributed by atoms with Gasteiger partial charge < -0.3 is 19.1 Å². The Hall–Kier alpha value is -2.42. The summed E-state index contributed by atoms with van der Waals surface area (Å²) in [4.78, 5) is 15.5. The Morgan fingerprint density at radius 1 is 1.09 bits per heavy atom. The van der Waals surface area contributed by atoms with E-state index in [0.717, 1.165) is 31.2 Å². The van der Waals surface area contributed by atoms with Crippen LogP contribution in [0.2, 0.25) is 0 Å². The molecular weight excluding hydrogens is 454 g/mol. The summed E-state index contributed by atoms with van der Waals surface area (Å²) in [5.41, 5.74) is 2.00. The van der Waals surface area contributed by atoms with Crippen LogP contribution in [0.3, 0.4) is 0 Å². The molecule has 7 nitrogen and oxygen atoms in total. The Kier molecular flexibility index (Phi) is 6.16. The number of para-hydroxylation sites is 1. The largest absolute Gasteiger partial charge is 0.466 e. The quantitative estimate of drug-likeness (QED) is 0.574. The van der Waals surface area contributed by atoms with Crippen LogP contribution in [-0.2, 0) is 28.8 Å². The molecule has 182 valence electrons. The van der Waals surface area contributed by atoms with Crippen molar-refractivity contribution in [3.8, 4) is 0 Å². The molecule has 2 aromatic rings. The van der Waals surface area contributed by atoms with Gasteiger partial charge in [-0.1, -0.05) is 18.2 Å². The van der Waals surface area contributed by atoms with Gasteiger partial charge in [-0.3, -0.25) is 4.79 Å². The number of ether oxygens (including phenoxy) is 3. The molecule has 5 rings (SSSR count). The lowest BCUT2D eigenvalue weighted by Gasteiger charge is -2.36. The zero-order chi connectivity index (χ0) is 23.9. The van der Waals surface area contributed by atoms with E-state index in [1.54, 1.807) is 37.3 Å². The first-order valence-electron chi connectivity index (χ1n) is 12.0. The highest BCUT2D eigenvalue weighted by Crippen LogP contribution is 2.46. The molecule has 1 unspecified atom stereocenters. The summed E-state index contributed by atoms with van der Waals surface area (Å²) < 4.78 is 43.7. The summed E-state index contributed by atoms with van der Waals surface area (Å²) in [6, 6.07) is 12.2. The minimum atomic E-state index is -3.63. The van der Waals surface area contributed by atoms with Crippen molar-refractivity contribution in [1.29, 1.82) is 0 Å². The molecule has 0 amide bonds. The van der Waals surface area contributed by atoms with E-state index in [4.69, 9.17) is 14.2 Å². The van der Waals surface area contributed by atoms with E-state index in [2.05, 4.69) is 0 Å². The summed E-state index contributed by atoms with van der Waals surface area (Å²) in [5.74, 6) is -0.821. The van der Waals surface area contributed by atoms with Crippen LogP contribution >= 0.6 is 0 Å². The first kappa shape index (κ1) is 23.3. The molecule has 1 aliphatic carbocycles. The van der Waals surface area contributed by atoms with Gasteiger partial charge in [0, 0.05) is 19.9 Å². The molecule has 1 saturated carbocycles. The molecule has 34 heavy (non-hydrogen) atoms. The molecule has 2 heterocycles.